The Balaban J connectivity index is 1.29. The minimum Gasteiger partial charge on any atom is -0.481 e. The van der Waals surface area contributed by atoms with Gasteiger partial charge in [-0.15, -0.1) is 11.3 Å². The van der Waals surface area contributed by atoms with Crippen LogP contribution in [0, 0.1) is 29.5 Å². The number of aromatic nitrogens is 1. The van der Waals surface area contributed by atoms with E-state index in [0.29, 0.717) is 11.4 Å². The van der Waals surface area contributed by atoms with E-state index in [0.717, 1.165) is 26.5 Å². The Hall–Kier alpha value is -2.71. The third kappa shape index (κ3) is 3.97. The smallest absolute Gasteiger partial charge is 0.307 e. The third-order valence-electron chi connectivity index (χ3n) is 5.96. The van der Waals surface area contributed by atoms with Gasteiger partial charge in [-0.1, -0.05) is 36.0 Å². The van der Waals surface area contributed by atoms with E-state index in [1.54, 1.807) is 30.0 Å². The Bertz CT molecular complexity index is 1190. The Morgan fingerprint density at radius 1 is 1.13 bits per heavy atom. The van der Waals surface area contributed by atoms with Crippen LogP contribution in [0.4, 0.5) is 10.1 Å². The van der Waals surface area contributed by atoms with E-state index in [1.165, 1.54) is 23.5 Å². The van der Waals surface area contributed by atoms with Crippen LogP contribution in [0.2, 0.25) is 0 Å². The van der Waals surface area contributed by atoms with Gasteiger partial charge >= 0.3 is 5.97 Å². The number of carbonyl (C=O) groups is 2. The number of thiazole rings is 1. The quantitative estimate of drug-likeness (QED) is 0.396. The van der Waals surface area contributed by atoms with Gasteiger partial charge in [-0.25, -0.2) is 9.37 Å². The summed E-state index contributed by atoms with van der Waals surface area (Å²) >= 11 is 3.11. The summed E-state index contributed by atoms with van der Waals surface area (Å²) < 4.78 is 14.9. The van der Waals surface area contributed by atoms with Crippen LogP contribution < -0.4 is 5.32 Å². The molecule has 1 saturated carbocycles. The monoisotopic (exact) mass is 454 g/mol. The highest BCUT2D eigenvalue weighted by atomic mass is 32.2. The van der Waals surface area contributed by atoms with Crippen molar-refractivity contribution in [3.8, 4) is 0 Å². The van der Waals surface area contributed by atoms with Crippen LogP contribution in [0.3, 0.4) is 0 Å². The zero-order valence-electron chi connectivity index (χ0n) is 16.3. The molecule has 1 fully saturated rings. The van der Waals surface area contributed by atoms with Crippen molar-refractivity contribution < 1.29 is 19.1 Å². The maximum Gasteiger partial charge on any atom is 0.307 e. The molecule has 2 N–H and O–H groups in total. The van der Waals surface area contributed by atoms with Crippen molar-refractivity contribution in [3.63, 3.8) is 0 Å². The second kappa shape index (κ2) is 8.09. The third-order valence-corrected chi connectivity index (χ3v) is 8.19. The minimum absolute atomic E-state index is 0.00676. The highest BCUT2D eigenvalue weighted by Gasteiger charge is 2.51. The number of aliphatic carboxylic acids is 1. The molecule has 31 heavy (non-hydrogen) atoms. The van der Waals surface area contributed by atoms with E-state index in [9.17, 15) is 19.1 Å². The number of hydrogen-bond acceptors (Lipinski definition) is 5. The van der Waals surface area contributed by atoms with Crippen molar-refractivity contribution in [3.05, 3.63) is 66.0 Å². The maximum absolute atomic E-state index is 13.0. The van der Waals surface area contributed by atoms with Crippen LogP contribution >= 0.6 is 23.1 Å². The van der Waals surface area contributed by atoms with Crippen LogP contribution in [-0.4, -0.2) is 22.0 Å². The van der Waals surface area contributed by atoms with Crippen molar-refractivity contribution >= 4 is 50.9 Å². The lowest BCUT2D eigenvalue weighted by Gasteiger charge is -2.23. The second-order valence-electron chi connectivity index (χ2n) is 7.90. The number of rotatable bonds is 6. The highest BCUT2D eigenvalue weighted by Crippen LogP contribution is 2.48. The Morgan fingerprint density at radius 3 is 2.61 bits per heavy atom. The first-order valence-electron chi connectivity index (χ1n) is 9.98. The first-order chi connectivity index (χ1) is 15.0. The summed E-state index contributed by atoms with van der Waals surface area (Å²) in [6.07, 6.45) is 4.64. The molecule has 2 bridgehead atoms. The van der Waals surface area contributed by atoms with Gasteiger partial charge in [0.1, 0.15) is 5.82 Å². The number of fused-ring (bicyclic) bond motifs is 3. The van der Waals surface area contributed by atoms with Crippen molar-refractivity contribution in [2.24, 2.45) is 23.7 Å². The highest BCUT2D eigenvalue weighted by molar-refractivity contribution is 8.00. The van der Waals surface area contributed by atoms with Crippen molar-refractivity contribution in [2.75, 3.05) is 5.32 Å². The molecular weight excluding hydrogens is 435 g/mol. The summed E-state index contributed by atoms with van der Waals surface area (Å²) in [6.45, 7) is 0. The van der Waals surface area contributed by atoms with Crippen molar-refractivity contribution in [2.45, 2.75) is 16.5 Å². The van der Waals surface area contributed by atoms with Gasteiger partial charge in [0.2, 0.25) is 5.91 Å². The van der Waals surface area contributed by atoms with Crippen LogP contribution in [0.5, 0.6) is 0 Å². The lowest BCUT2D eigenvalue weighted by atomic mass is 9.82. The van der Waals surface area contributed by atoms with E-state index in [-0.39, 0.29) is 23.6 Å². The standard InChI is InChI=1S/C23H19FN2O3S2/c24-15-5-1-12(2-6-15)11-30-23-26-17-8-7-16(10-18(17)31-23)25-21(27)19-13-3-4-14(9-13)20(19)22(28)29/h1-8,10,13-14,19-20H,9,11H2,(H,25,27)(H,28,29)/t13-,14-,19+,20-/m0/s1. The summed E-state index contributed by atoms with van der Waals surface area (Å²) in [5, 5.41) is 12.5. The predicted molar refractivity (Wildman–Crippen MR) is 120 cm³/mol. The van der Waals surface area contributed by atoms with Crippen molar-refractivity contribution in [1.29, 1.82) is 0 Å². The number of carboxylic acid groups (broad SMARTS) is 1. The van der Waals surface area contributed by atoms with Gasteiger partial charge in [0.15, 0.2) is 4.34 Å². The zero-order valence-corrected chi connectivity index (χ0v) is 18.0. The molecular formula is C23H19FN2O3S2. The number of nitrogens with one attached hydrogen (secondary N) is 1. The summed E-state index contributed by atoms with van der Waals surface area (Å²) in [4.78, 5) is 29.2. The number of nitrogens with zero attached hydrogens (tertiary/aromatic N) is 1. The topological polar surface area (TPSA) is 79.3 Å². The van der Waals surface area contributed by atoms with Gasteiger partial charge in [0, 0.05) is 11.4 Å². The summed E-state index contributed by atoms with van der Waals surface area (Å²) in [5.74, 6) is -1.95. The summed E-state index contributed by atoms with van der Waals surface area (Å²) in [5.41, 5.74) is 2.51. The number of allylic oxidation sites excluding steroid dienone is 2. The molecule has 2 aliphatic carbocycles. The number of anilines is 1. The normalized spacial score (nSPS) is 24.0. The molecule has 1 heterocycles. The van der Waals surface area contributed by atoms with Crippen LogP contribution in [-0.2, 0) is 15.3 Å². The van der Waals surface area contributed by atoms with Crippen LogP contribution in [0.15, 0.2) is 59.0 Å². The van der Waals surface area contributed by atoms with E-state index < -0.39 is 17.8 Å². The average Bonchev–Trinajstić information content (AvgIpc) is 3.47. The number of carboxylic acids is 1. The number of hydrogen-bond donors (Lipinski definition) is 2. The van der Waals surface area contributed by atoms with Gasteiger partial charge in [0.05, 0.1) is 22.1 Å². The lowest BCUT2D eigenvalue weighted by Crippen LogP contribution is -2.36. The largest absolute Gasteiger partial charge is 0.481 e. The Kier molecular flexibility index (Phi) is 5.27. The molecule has 2 aromatic carbocycles. The number of carbonyl (C=O) groups excluding carboxylic acids is 1. The SMILES string of the molecule is O=C(O)[C@@H]1[C@H](C(=O)Nc2ccc3nc(SCc4ccc(F)cc4)sc3c2)[C@H]2C=C[C@H]1C2. The van der Waals surface area contributed by atoms with E-state index >= 15 is 0 Å². The van der Waals surface area contributed by atoms with E-state index in [1.807, 2.05) is 24.3 Å². The molecule has 1 amide bonds. The lowest BCUT2D eigenvalue weighted by molar-refractivity contribution is -0.146. The average molecular weight is 455 g/mol. The number of amides is 1. The van der Waals surface area contributed by atoms with Gasteiger partial charge in [-0.2, -0.15) is 0 Å². The molecule has 0 spiro atoms. The van der Waals surface area contributed by atoms with Gasteiger partial charge in [0.25, 0.3) is 0 Å². The maximum atomic E-state index is 13.0. The summed E-state index contributed by atoms with van der Waals surface area (Å²) in [6, 6.07) is 12.0. The number of benzene rings is 2. The minimum atomic E-state index is -0.905. The predicted octanol–water partition coefficient (Wildman–Crippen LogP) is 5.19. The molecule has 3 aromatic rings. The molecule has 2 aliphatic rings. The molecule has 158 valence electrons. The Morgan fingerprint density at radius 2 is 1.87 bits per heavy atom. The molecule has 8 heteroatoms. The van der Waals surface area contributed by atoms with Crippen LogP contribution in [0.1, 0.15) is 12.0 Å². The fraction of sp³-hybridized carbons (Fsp3) is 0.261. The first kappa shape index (κ1) is 20.2. The van der Waals surface area contributed by atoms with Gasteiger partial charge in [-0.3, -0.25) is 9.59 Å². The molecule has 4 atom stereocenters. The van der Waals surface area contributed by atoms with E-state index in [4.69, 9.17) is 0 Å². The number of halogens is 1. The number of thioether (sulfide) groups is 1. The molecule has 0 aliphatic heterocycles. The fourth-order valence-electron chi connectivity index (χ4n) is 4.51. The van der Waals surface area contributed by atoms with Crippen molar-refractivity contribution in [1.82, 2.24) is 4.98 Å². The molecule has 0 radical (unpaired) electrons. The van der Waals surface area contributed by atoms with Gasteiger partial charge < -0.3 is 10.4 Å². The molecule has 1 aromatic heterocycles. The Labute approximate surface area is 186 Å². The fourth-order valence-corrected chi connectivity index (χ4v) is 6.57. The summed E-state index contributed by atoms with van der Waals surface area (Å²) in [7, 11) is 0. The van der Waals surface area contributed by atoms with Crippen LogP contribution in [0.25, 0.3) is 10.2 Å². The van der Waals surface area contributed by atoms with E-state index in [2.05, 4.69) is 10.3 Å². The molecule has 0 unspecified atom stereocenters. The van der Waals surface area contributed by atoms with Gasteiger partial charge in [-0.05, 0) is 54.2 Å². The second-order valence-corrected chi connectivity index (χ2v) is 10.2. The molecule has 5 rings (SSSR count). The molecule has 0 saturated heterocycles. The molecule has 5 nitrogen and oxygen atoms in total. The zero-order chi connectivity index (χ0) is 21.5. The first-order valence-corrected chi connectivity index (χ1v) is 11.8.